The third kappa shape index (κ3) is 4.58. The zero-order valence-corrected chi connectivity index (χ0v) is 15.2. The summed E-state index contributed by atoms with van der Waals surface area (Å²) in [6, 6.07) is 19.8. The van der Waals surface area contributed by atoms with Crippen LogP contribution >= 0.6 is 0 Å². The van der Waals surface area contributed by atoms with E-state index in [1.54, 1.807) is 0 Å². The van der Waals surface area contributed by atoms with E-state index in [0.29, 0.717) is 32.8 Å². The highest BCUT2D eigenvalue weighted by Gasteiger charge is 2.43. The molecular weight excluding hydrogens is 328 g/mol. The molecule has 3 rings (SSSR count). The summed E-state index contributed by atoms with van der Waals surface area (Å²) in [5, 5.41) is 0. The summed E-state index contributed by atoms with van der Waals surface area (Å²) in [6.07, 6.45) is 0.895. The van der Waals surface area contributed by atoms with Gasteiger partial charge in [-0.1, -0.05) is 67.6 Å². The summed E-state index contributed by atoms with van der Waals surface area (Å²) in [7, 11) is 0. The van der Waals surface area contributed by atoms with Crippen LogP contribution in [0.15, 0.2) is 60.7 Å². The second-order valence-corrected chi connectivity index (χ2v) is 6.80. The lowest BCUT2D eigenvalue weighted by atomic mass is 9.83. The topological polar surface area (TPSA) is 44.8 Å². The molecule has 26 heavy (non-hydrogen) atoms. The molecule has 138 valence electrons. The van der Waals surface area contributed by atoms with Gasteiger partial charge in [-0.05, 0) is 12.0 Å². The summed E-state index contributed by atoms with van der Waals surface area (Å²) in [6.45, 7) is 3.43. The lowest BCUT2D eigenvalue weighted by Gasteiger charge is -2.38. The number of carbonyl (C=O) groups is 1. The molecule has 1 saturated heterocycles. The number of ketones is 1. The Bertz CT molecular complexity index is 670. The predicted molar refractivity (Wildman–Crippen MR) is 99.5 cm³/mol. The first-order valence-corrected chi connectivity index (χ1v) is 9.17. The van der Waals surface area contributed by atoms with Gasteiger partial charge in [-0.3, -0.25) is 4.79 Å². The fraction of sp³-hybridized carbons (Fsp3) is 0.409. The maximum Gasteiger partial charge on any atom is 0.183 e. The van der Waals surface area contributed by atoms with Crippen molar-refractivity contribution in [3.63, 3.8) is 0 Å². The first kappa shape index (κ1) is 18.8. The third-order valence-electron chi connectivity index (χ3n) is 4.65. The molecule has 0 N–H and O–H groups in total. The van der Waals surface area contributed by atoms with Crippen LogP contribution < -0.4 is 0 Å². The van der Waals surface area contributed by atoms with Gasteiger partial charge in [-0.2, -0.15) is 0 Å². The predicted octanol–water partition coefficient (Wildman–Crippen LogP) is 4.30. The normalized spacial score (nSPS) is 22.9. The van der Waals surface area contributed by atoms with E-state index in [1.807, 2.05) is 67.6 Å². The molecule has 4 nitrogen and oxygen atoms in total. The minimum atomic E-state index is -0.726. The van der Waals surface area contributed by atoms with Gasteiger partial charge in [-0.25, -0.2) is 0 Å². The van der Waals surface area contributed by atoms with Gasteiger partial charge in [0, 0.05) is 12.0 Å². The fourth-order valence-corrected chi connectivity index (χ4v) is 3.12. The van der Waals surface area contributed by atoms with Gasteiger partial charge in [0.15, 0.2) is 6.29 Å². The molecule has 4 heteroatoms. The minimum Gasteiger partial charge on any atom is -0.376 e. The van der Waals surface area contributed by atoms with Crippen molar-refractivity contribution < 1.29 is 19.0 Å². The molecule has 0 amide bonds. The molecule has 0 aromatic heterocycles. The van der Waals surface area contributed by atoms with E-state index < -0.39 is 11.7 Å². The number of Topliss-reactive ketones (excluding diaryl/α,β-unsaturated/α-hetero) is 1. The molecule has 0 spiro atoms. The van der Waals surface area contributed by atoms with Gasteiger partial charge in [0.1, 0.15) is 5.78 Å². The van der Waals surface area contributed by atoms with Crippen LogP contribution in [0.4, 0.5) is 0 Å². The Balaban J connectivity index is 1.63. The van der Waals surface area contributed by atoms with Crippen LogP contribution in [0.25, 0.3) is 0 Å². The quantitative estimate of drug-likeness (QED) is 0.709. The van der Waals surface area contributed by atoms with Crippen molar-refractivity contribution >= 4 is 5.78 Å². The highest BCUT2D eigenvalue weighted by atomic mass is 16.7. The Kier molecular flexibility index (Phi) is 6.56. The average molecular weight is 354 g/mol. The maximum atomic E-state index is 12.8. The Hall–Kier alpha value is -2.01. The first-order chi connectivity index (χ1) is 12.7. The monoisotopic (exact) mass is 354 g/mol. The van der Waals surface area contributed by atoms with E-state index in [4.69, 9.17) is 14.2 Å². The number of benzene rings is 2. The van der Waals surface area contributed by atoms with Gasteiger partial charge >= 0.3 is 0 Å². The van der Waals surface area contributed by atoms with Crippen LogP contribution in [0.2, 0.25) is 0 Å². The molecule has 1 heterocycles. The van der Waals surface area contributed by atoms with Crippen LogP contribution in [0.3, 0.4) is 0 Å². The van der Waals surface area contributed by atoms with Crippen molar-refractivity contribution in [2.45, 2.75) is 32.7 Å². The molecule has 1 aliphatic rings. The number of rotatable bonds is 8. The van der Waals surface area contributed by atoms with Gasteiger partial charge in [0.05, 0.1) is 31.8 Å². The third-order valence-corrected chi connectivity index (χ3v) is 4.65. The Morgan fingerprint density at radius 1 is 1.04 bits per heavy atom. The van der Waals surface area contributed by atoms with E-state index >= 15 is 0 Å². The Morgan fingerprint density at radius 3 is 2.27 bits per heavy atom. The van der Waals surface area contributed by atoms with E-state index in [0.717, 1.165) is 17.5 Å². The maximum absolute atomic E-state index is 12.8. The van der Waals surface area contributed by atoms with Crippen molar-refractivity contribution in [2.75, 3.05) is 19.8 Å². The van der Waals surface area contributed by atoms with Gasteiger partial charge in [0.2, 0.25) is 0 Å². The standard InChI is InChI=1S/C22H26O4/c1-2-9-20(23)22(15-24-14-18-10-5-3-6-11-18)16-25-21(26-17-22)19-12-7-4-8-13-19/h3-8,10-13,21H,2,9,14-17H2,1H3. The second-order valence-electron chi connectivity index (χ2n) is 6.80. The summed E-state index contributed by atoms with van der Waals surface area (Å²) in [5.74, 6) is 0.152. The molecular formula is C22H26O4. The highest BCUT2D eigenvalue weighted by molar-refractivity contribution is 5.85. The second kappa shape index (κ2) is 9.08. The molecule has 0 bridgehead atoms. The van der Waals surface area contributed by atoms with Gasteiger partial charge in [-0.15, -0.1) is 0 Å². The Morgan fingerprint density at radius 2 is 1.65 bits per heavy atom. The molecule has 0 atom stereocenters. The number of hydrogen-bond donors (Lipinski definition) is 0. The van der Waals surface area contributed by atoms with E-state index in [1.165, 1.54) is 0 Å². The van der Waals surface area contributed by atoms with Crippen molar-refractivity contribution in [1.82, 2.24) is 0 Å². The zero-order valence-electron chi connectivity index (χ0n) is 15.2. The van der Waals surface area contributed by atoms with Crippen molar-refractivity contribution in [3.8, 4) is 0 Å². The molecule has 0 saturated carbocycles. The van der Waals surface area contributed by atoms with Gasteiger partial charge in [0.25, 0.3) is 0 Å². The molecule has 2 aromatic carbocycles. The van der Waals surface area contributed by atoms with Crippen LogP contribution in [-0.2, 0) is 25.6 Å². The van der Waals surface area contributed by atoms with Crippen molar-refractivity contribution in [3.05, 3.63) is 71.8 Å². The summed E-state index contributed by atoms with van der Waals surface area (Å²) in [5.41, 5.74) is 1.33. The Labute approximate surface area is 155 Å². The van der Waals surface area contributed by atoms with Crippen molar-refractivity contribution in [2.24, 2.45) is 5.41 Å². The summed E-state index contributed by atoms with van der Waals surface area (Å²) >= 11 is 0. The van der Waals surface area contributed by atoms with E-state index in [9.17, 15) is 4.79 Å². The summed E-state index contributed by atoms with van der Waals surface area (Å²) < 4.78 is 17.7. The fourth-order valence-electron chi connectivity index (χ4n) is 3.12. The lowest BCUT2D eigenvalue weighted by Crippen LogP contribution is -2.48. The number of carbonyl (C=O) groups excluding carboxylic acids is 1. The molecule has 1 aliphatic heterocycles. The van der Waals surface area contributed by atoms with Crippen LogP contribution in [0.5, 0.6) is 0 Å². The van der Waals surface area contributed by atoms with E-state index in [-0.39, 0.29) is 5.78 Å². The molecule has 2 aromatic rings. The van der Waals surface area contributed by atoms with Crippen LogP contribution in [-0.4, -0.2) is 25.6 Å². The molecule has 0 radical (unpaired) electrons. The molecule has 1 fully saturated rings. The van der Waals surface area contributed by atoms with Gasteiger partial charge < -0.3 is 14.2 Å². The van der Waals surface area contributed by atoms with Crippen molar-refractivity contribution in [1.29, 1.82) is 0 Å². The van der Waals surface area contributed by atoms with Crippen LogP contribution in [0.1, 0.15) is 37.2 Å². The largest absolute Gasteiger partial charge is 0.376 e. The molecule has 0 unspecified atom stereocenters. The number of hydrogen-bond acceptors (Lipinski definition) is 4. The SMILES string of the molecule is CCCC(=O)C1(COCc2ccccc2)COC(c2ccccc2)OC1. The summed E-state index contributed by atoms with van der Waals surface area (Å²) in [4.78, 5) is 12.8. The highest BCUT2D eigenvalue weighted by Crippen LogP contribution is 2.34. The zero-order chi connectivity index (χ0) is 18.2. The average Bonchev–Trinajstić information content (AvgIpc) is 2.70. The lowest BCUT2D eigenvalue weighted by molar-refractivity contribution is -0.240. The molecule has 0 aliphatic carbocycles. The first-order valence-electron chi connectivity index (χ1n) is 9.17. The van der Waals surface area contributed by atoms with E-state index in [2.05, 4.69) is 0 Å². The smallest absolute Gasteiger partial charge is 0.183 e. The number of ether oxygens (including phenoxy) is 3. The minimum absolute atomic E-state index is 0.152. The van der Waals surface area contributed by atoms with Crippen LogP contribution in [0, 0.1) is 5.41 Å².